The second-order valence-electron chi connectivity index (χ2n) is 6.09. The maximum atomic E-state index is 11.7. The first-order valence-corrected chi connectivity index (χ1v) is 7.15. The lowest BCUT2D eigenvalue weighted by Crippen LogP contribution is -2.34. The zero-order chi connectivity index (χ0) is 15.5. The third kappa shape index (κ3) is 3.95. The highest BCUT2D eigenvalue weighted by molar-refractivity contribution is 5.89. The number of carbonyl (C=O) groups excluding carboxylic acids is 1. The molecule has 0 atom stereocenters. The van der Waals surface area contributed by atoms with Crippen LogP contribution < -0.4 is 0 Å². The zero-order valence-electron chi connectivity index (χ0n) is 13.2. The van der Waals surface area contributed by atoms with Crippen molar-refractivity contribution in [2.45, 2.75) is 13.5 Å². The average Bonchev–Trinajstić information content (AvgIpc) is 2.85. The summed E-state index contributed by atoms with van der Waals surface area (Å²) in [6.45, 7) is 3.14. The number of nitrogens with zero attached hydrogens (tertiary/aromatic N) is 2. The van der Waals surface area contributed by atoms with E-state index in [1.807, 2.05) is 43.5 Å². The van der Waals surface area contributed by atoms with E-state index in [2.05, 4.69) is 31.8 Å². The quantitative estimate of drug-likeness (QED) is 0.625. The van der Waals surface area contributed by atoms with Crippen molar-refractivity contribution in [2.24, 2.45) is 0 Å². The molecule has 21 heavy (non-hydrogen) atoms. The summed E-state index contributed by atoms with van der Waals surface area (Å²) < 4.78 is 8.02. The minimum Gasteiger partial charge on any atom is -0.462 e. The number of benzene rings is 1. The molecule has 2 rings (SSSR count). The van der Waals surface area contributed by atoms with Gasteiger partial charge in [-0.2, -0.15) is 0 Å². The van der Waals surface area contributed by atoms with E-state index in [-0.39, 0.29) is 5.97 Å². The molecule has 0 fully saturated rings. The molecular weight excluding hydrogens is 264 g/mol. The number of esters is 1. The molecule has 0 saturated carbocycles. The third-order valence-electron chi connectivity index (χ3n) is 3.13. The average molecular weight is 287 g/mol. The van der Waals surface area contributed by atoms with E-state index in [9.17, 15) is 4.79 Å². The van der Waals surface area contributed by atoms with E-state index < -0.39 is 0 Å². The molecule has 112 valence electrons. The minimum absolute atomic E-state index is 0.275. The van der Waals surface area contributed by atoms with Crippen molar-refractivity contribution in [3.05, 3.63) is 53.9 Å². The Labute approximate surface area is 126 Å². The number of hydrogen-bond donors (Lipinski definition) is 0. The van der Waals surface area contributed by atoms with Crippen molar-refractivity contribution >= 4 is 5.97 Å². The van der Waals surface area contributed by atoms with Crippen LogP contribution in [-0.4, -0.2) is 42.8 Å². The van der Waals surface area contributed by atoms with Gasteiger partial charge in [-0.25, -0.2) is 4.79 Å². The van der Waals surface area contributed by atoms with Crippen LogP contribution in [0.25, 0.3) is 5.69 Å². The second-order valence-corrected chi connectivity index (χ2v) is 6.09. The van der Waals surface area contributed by atoms with Gasteiger partial charge >= 0.3 is 5.97 Å². The van der Waals surface area contributed by atoms with Crippen LogP contribution in [0.4, 0.5) is 0 Å². The molecule has 2 aromatic rings. The predicted molar refractivity (Wildman–Crippen MR) is 83.5 cm³/mol. The maximum Gasteiger partial charge on any atom is 0.338 e. The fourth-order valence-electron chi connectivity index (χ4n) is 2.26. The zero-order valence-corrected chi connectivity index (χ0v) is 13.2. The van der Waals surface area contributed by atoms with Crippen LogP contribution in [0.15, 0.2) is 42.6 Å². The number of carbonyl (C=O) groups is 1. The van der Waals surface area contributed by atoms with E-state index in [1.54, 1.807) is 0 Å². The normalized spacial score (nSPS) is 11.4. The molecule has 0 aliphatic rings. The van der Waals surface area contributed by atoms with Crippen molar-refractivity contribution in [3.63, 3.8) is 0 Å². The van der Waals surface area contributed by atoms with Crippen LogP contribution in [-0.2, 0) is 11.3 Å². The number of quaternary nitrogens is 1. The van der Waals surface area contributed by atoms with E-state index in [4.69, 9.17) is 4.74 Å². The number of rotatable bonds is 5. The molecule has 0 saturated heterocycles. The fraction of sp³-hybridized carbons (Fsp3) is 0.353. The summed E-state index contributed by atoms with van der Waals surface area (Å²) in [4.78, 5) is 11.7. The molecule has 0 amide bonds. The highest BCUT2D eigenvalue weighted by Gasteiger charge is 2.13. The first-order chi connectivity index (χ1) is 9.90. The molecular formula is C17H23N2O2+. The second kappa shape index (κ2) is 6.14. The molecule has 0 aliphatic carbocycles. The maximum absolute atomic E-state index is 11.7. The van der Waals surface area contributed by atoms with Gasteiger partial charge in [0.15, 0.2) is 0 Å². The summed E-state index contributed by atoms with van der Waals surface area (Å²) >= 11 is 0. The standard InChI is InChI=1S/C17H23N2O2/c1-5-21-17(20)14-8-10-15(11-9-14)18-12-6-7-16(18)13-19(2,3)4/h6-12H,5,13H2,1-4H3/q+1. The molecule has 1 aromatic heterocycles. The van der Waals surface area contributed by atoms with E-state index >= 15 is 0 Å². The Kier molecular flexibility index (Phi) is 4.48. The monoisotopic (exact) mass is 287 g/mol. The van der Waals surface area contributed by atoms with Gasteiger partial charge in [0.2, 0.25) is 0 Å². The summed E-state index contributed by atoms with van der Waals surface area (Å²) in [5, 5.41) is 0. The summed E-state index contributed by atoms with van der Waals surface area (Å²) in [5.41, 5.74) is 2.88. The minimum atomic E-state index is -0.275. The summed E-state index contributed by atoms with van der Waals surface area (Å²) in [7, 11) is 6.50. The molecule has 0 N–H and O–H groups in total. The van der Waals surface area contributed by atoms with Gasteiger partial charge in [0.25, 0.3) is 0 Å². The lowest BCUT2D eigenvalue weighted by atomic mass is 10.2. The van der Waals surface area contributed by atoms with Gasteiger partial charge in [0.1, 0.15) is 6.54 Å². The van der Waals surface area contributed by atoms with Crippen molar-refractivity contribution < 1.29 is 14.0 Å². The Morgan fingerprint density at radius 3 is 2.38 bits per heavy atom. The van der Waals surface area contributed by atoms with Crippen molar-refractivity contribution in [2.75, 3.05) is 27.7 Å². The highest BCUT2D eigenvalue weighted by Crippen LogP contribution is 2.16. The molecule has 0 aliphatic heterocycles. The Morgan fingerprint density at radius 1 is 1.14 bits per heavy atom. The van der Waals surface area contributed by atoms with Gasteiger partial charge in [-0.3, -0.25) is 0 Å². The lowest BCUT2D eigenvalue weighted by molar-refractivity contribution is -0.884. The summed E-state index contributed by atoms with van der Waals surface area (Å²) in [5.74, 6) is -0.275. The SMILES string of the molecule is CCOC(=O)c1ccc(-n2cccc2C[N+](C)(C)C)cc1. The largest absolute Gasteiger partial charge is 0.462 e. The molecule has 0 bridgehead atoms. The Morgan fingerprint density at radius 2 is 1.81 bits per heavy atom. The van der Waals surface area contributed by atoms with Crippen LogP contribution in [0.2, 0.25) is 0 Å². The Hall–Kier alpha value is -2.07. The molecule has 4 heteroatoms. The molecule has 0 unspecified atom stereocenters. The molecule has 0 spiro atoms. The van der Waals surface area contributed by atoms with Gasteiger partial charge in [-0.15, -0.1) is 0 Å². The predicted octanol–water partition coefficient (Wildman–Crippen LogP) is 2.86. The van der Waals surface area contributed by atoms with E-state index in [0.29, 0.717) is 12.2 Å². The third-order valence-corrected chi connectivity index (χ3v) is 3.13. The number of ether oxygens (including phenoxy) is 1. The lowest BCUT2D eigenvalue weighted by Gasteiger charge is -2.24. The van der Waals surface area contributed by atoms with Crippen LogP contribution >= 0.6 is 0 Å². The molecule has 1 aromatic carbocycles. The van der Waals surface area contributed by atoms with Gasteiger partial charge in [0.05, 0.1) is 39.0 Å². The molecule has 1 heterocycles. The topological polar surface area (TPSA) is 31.2 Å². The van der Waals surface area contributed by atoms with Crippen LogP contribution in [0.5, 0.6) is 0 Å². The first kappa shape index (κ1) is 15.3. The van der Waals surface area contributed by atoms with E-state index in [0.717, 1.165) is 16.7 Å². The van der Waals surface area contributed by atoms with Crippen molar-refractivity contribution in [3.8, 4) is 5.69 Å². The van der Waals surface area contributed by atoms with E-state index in [1.165, 1.54) is 5.69 Å². The number of hydrogen-bond acceptors (Lipinski definition) is 2. The summed E-state index contributed by atoms with van der Waals surface area (Å²) in [6, 6.07) is 11.7. The van der Waals surface area contributed by atoms with Gasteiger partial charge in [-0.1, -0.05) is 0 Å². The smallest absolute Gasteiger partial charge is 0.338 e. The molecule has 0 radical (unpaired) electrons. The van der Waals surface area contributed by atoms with Crippen LogP contribution in [0, 0.1) is 0 Å². The Balaban J connectivity index is 2.24. The molecule has 4 nitrogen and oxygen atoms in total. The Bertz CT molecular complexity index is 606. The highest BCUT2D eigenvalue weighted by atomic mass is 16.5. The van der Waals surface area contributed by atoms with Crippen LogP contribution in [0.1, 0.15) is 23.0 Å². The van der Waals surface area contributed by atoms with Gasteiger partial charge < -0.3 is 13.8 Å². The fourth-order valence-corrected chi connectivity index (χ4v) is 2.26. The van der Waals surface area contributed by atoms with Crippen LogP contribution in [0.3, 0.4) is 0 Å². The van der Waals surface area contributed by atoms with Crippen molar-refractivity contribution in [1.29, 1.82) is 0 Å². The van der Waals surface area contributed by atoms with Gasteiger partial charge in [0, 0.05) is 11.9 Å². The number of aromatic nitrogens is 1. The van der Waals surface area contributed by atoms with Crippen molar-refractivity contribution in [1.82, 2.24) is 4.57 Å². The summed E-state index contributed by atoms with van der Waals surface area (Å²) in [6.07, 6.45) is 2.05. The van der Waals surface area contributed by atoms with Gasteiger partial charge in [-0.05, 0) is 43.3 Å². The first-order valence-electron chi connectivity index (χ1n) is 7.15.